The van der Waals surface area contributed by atoms with E-state index in [4.69, 9.17) is 19.3 Å². The lowest BCUT2D eigenvalue weighted by atomic mass is 10.1. The molecule has 1 amide bonds. The van der Waals surface area contributed by atoms with E-state index in [0.717, 1.165) is 5.56 Å². The second kappa shape index (κ2) is 7.98. The van der Waals surface area contributed by atoms with Crippen molar-refractivity contribution in [3.8, 4) is 5.75 Å². The second-order valence-corrected chi connectivity index (χ2v) is 5.08. The largest absolute Gasteiger partial charge is 0.465 e. The van der Waals surface area contributed by atoms with Gasteiger partial charge < -0.3 is 29.7 Å². The molecule has 0 radical (unpaired) electrons. The third-order valence-corrected chi connectivity index (χ3v) is 3.31. The summed E-state index contributed by atoms with van der Waals surface area (Å²) in [5.74, 6) is 0.583. The van der Waals surface area contributed by atoms with Crippen molar-refractivity contribution in [1.29, 1.82) is 0 Å². The van der Waals surface area contributed by atoms with E-state index in [1.165, 1.54) is 7.05 Å². The highest BCUT2D eigenvalue weighted by atomic mass is 16.7. The van der Waals surface area contributed by atoms with E-state index < -0.39 is 24.6 Å². The zero-order valence-corrected chi connectivity index (χ0v) is 12.4. The third-order valence-electron chi connectivity index (χ3n) is 3.31. The van der Waals surface area contributed by atoms with Gasteiger partial charge in [0.25, 0.3) is 0 Å². The number of carbonyl (C=O) groups is 1. The summed E-state index contributed by atoms with van der Waals surface area (Å²) in [6.07, 6.45) is -1.26. The van der Waals surface area contributed by atoms with Crippen LogP contribution < -0.4 is 10.1 Å². The highest BCUT2D eigenvalue weighted by Crippen LogP contribution is 2.23. The number of aliphatic hydroxyl groups excluding tert-OH is 2. The molecular weight excluding hydrogens is 290 g/mol. The zero-order chi connectivity index (χ0) is 15.9. The number of ether oxygens (including phenoxy) is 3. The molecule has 0 bridgehead atoms. The lowest BCUT2D eigenvalue weighted by Gasteiger charge is -2.32. The standard InChI is InChI=1S/C15H21NO6/c1-16-15(19)20-9-10-2-4-12(5-3-10)21-14-7-11(18)6-13(8-17)22-14/h2-5,11,13-14,17-18H,6-9H2,1H3,(H,16,19). The van der Waals surface area contributed by atoms with Gasteiger partial charge in [-0.15, -0.1) is 0 Å². The Kier molecular flexibility index (Phi) is 6.00. The molecule has 1 fully saturated rings. The van der Waals surface area contributed by atoms with Gasteiger partial charge >= 0.3 is 6.09 Å². The van der Waals surface area contributed by atoms with Gasteiger partial charge in [0.2, 0.25) is 6.29 Å². The summed E-state index contributed by atoms with van der Waals surface area (Å²) in [5.41, 5.74) is 0.828. The van der Waals surface area contributed by atoms with Crippen molar-refractivity contribution in [2.75, 3.05) is 13.7 Å². The van der Waals surface area contributed by atoms with Crippen molar-refractivity contribution in [1.82, 2.24) is 5.32 Å². The quantitative estimate of drug-likeness (QED) is 0.743. The Hall–Kier alpha value is -1.83. The van der Waals surface area contributed by atoms with Crippen LogP contribution in [0.1, 0.15) is 18.4 Å². The lowest BCUT2D eigenvalue weighted by molar-refractivity contribution is -0.184. The minimum atomic E-state index is -0.589. The van der Waals surface area contributed by atoms with Gasteiger partial charge in [0.05, 0.1) is 18.8 Å². The summed E-state index contributed by atoms with van der Waals surface area (Å²) >= 11 is 0. The molecule has 7 nitrogen and oxygen atoms in total. The van der Waals surface area contributed by atoms with Crippen molar-refractivity contribution in [2.24, 2.45) is 0 Å². The molecule has 1 aliphatic heterocycles. The second-order valence-electron chi connectivity index (χ2n) is 5.08. The topological polar surface area (TPSA) is 97.3 Å². The zero-order valence-electron chi connectivity index (χ0n) is 12.4. The number of nitrogens with one attached hydrogen (secondary N) is 1. The van der Waals surface area contributed by atoms with Gasteiger partial charge in [0.15, 0.2) is 0 Å². The van der Waals surface area contributed by atoms with Gasteiger partial charge in [0.1, 0.15) is 12.4 Å². The van der Waals surface area contributed by atoms with Crippen LogP contribution in [0.3, 0.4) is 0 Å². The lowest BCUT2D eigenvalue weighted by Crippen LogP contribution is -2.40. The fraction of sp³-hybridized carbons (Fsp3) is 0.533. The Labute approximate surface area is 128 Å². The molecule has 0 aromatic heterocycles. The van der Waals surface area contributed by atoms with Gasteiger partial charge in [-0.05, 0) is 17.7 Å². The van der Waals surface area contributed by atoms with Gasteiger partial charge in [-0.2, -0.15) is 0 Å². The smallest absolute Gasteiger partial charge is 0.407 e. The molecule has 1 aromatic carbocycles. The Morgan fingerprint density at radius 3 is 2.73 bits per heavy atom. The van der Waals surface area contributed by atoms with Crippen molar-refractivity contribution in [2.45, 2.75) is 37.9 Å². The molecule has 22 heavy (non-hydrogen) atoms. The van der Waals surface area contributed by atoms with Gasteiger partial charge in [-0.3, -0.25) is 0 Å². The third kappa shape index (κ3) is 4.87. The average Bonchev–Trinajstić information content (AvgIpc) is 2.53. The number of rotatable bonds is 5. The van der Waals surface area contributed by atoms with Crippen molar-refractivity contribution >= 4 is 6.09 Å². The number of alkyl carbamates (subject to hydrolysis) is 1. The molecule has 1 saturated heterocycles. The van der Waals surface area contributed by atoms with E-state index in [1.54, 1.807) is 24.3 Å². The van der Waals surface area contributed by atoms with Gasteiger partial charge in [-0.1, -0.05) is 12.1 Å². The predicted molar refractivity (Wildman–Crippen MR) is 77.3 cm³/mol. The first-order valence-electron chi connectivity index (χ1n) is 7.15. The molecule has 1 heterocycles. The van der Waals surface area contributed by atoms with Crippen LogP contribution in [0.15, 0.2) is 24.3 Å². The summed E-state index contributed by atoms with van der Waals surface area (Å²) in [7, 11) is 1.50. The first-order chi connectivity index (χ1) is 10.6. The molecule has 2 rings (SSSR count). The SMILES string of the molecule is CNC(=O)OCc1ccc(OC2CC(O)CC(CO)O2)cc1. The van der Waals surface area contributed by atoms with Crippen LogP contribution >= 0.6 is 0 Å². The average molecular weight is 311 g/mol. The number of aliphatic hydroxyl groups is 2. The molecule has 3 N–H and O–H groups in total. The van der Waals surface area contributed by atoms with Crippen LogP contribution in [0.5, 0.6) is 5.75 Å². The van der Waals surface area contributed by atoms with Gasteiger partial charge in [-0.25, -0.2) is 4.79 Å². The first kappa shape index (κ1) is 16.5. The van der Waals surface area contributed by atoms with E-state index >= 15 is 0 Å². The molecular formula is C15H21NO6. The Bertz CT molecular complexity index is 477. The summed E-state index contributed by atoms with van der Waals surface area (Å²) in [4.78, 5) is 11.0. The molecule has 0 saturated carbocycles. The number of carbonyl (C=O) groups excluding carboxylic acids is 1. The van der Waals surface area contributed by atoms with E-state index in [9.17, 15) is 9.90 Å². The first-order valence-corrected chi connectivity index (χ1v) is 7.15. The summed E-state index contributed by atoms with van der Waals surface area (Å²) in [6, 6.07) is 7.03. The molecule has 122 valence electrons. The fourth-order valence-electron chi connectivity index (χ4n) is 2.18. The molecule has 0 aliphatic carbocycles. The highest BCUT2D eigenvalue weighted by Gasteiger charge is 2.29. The Balaban J connectivity index is 1.86. The highest BCUT2D eigenvalue weighted by molar-refractivity contribution is 5.66. The predicted octanol–water partition coefficient (Wildman–Crippen LogP) is 0.780. The van der Waals surface area contributed by atoms with E-state index in [1.807, 2.05) is 0 Å². The van der Waals surface area contributed by atoms with E-state index in [2.05, 4.69) is 5.32 Å². The maximum absolute atomic E-state index is 11.0. The number of hydrogen-bond donors (Lipinski definition) is 3. The minimum Gasteiger partial charge on any atom is -0.465 e. The fourth-order valence-corrected chi connectivity index (χ4v) is 2.18. The molecule has 1 aromatic rings. The number of benzene rings is 1. The monoisotopic (exact) mass is 311 g/mol. The van der Waals surface area contributed by atoms with Crippen LogP contribution in [-0.2, 0) is 16.1 Å². The Morgan fingerprint density at radius 1 is 1.36 bits per heavy atom. The van der Waals surface area contributed by atoms with Crippen LogP contribution in [0.2, 0.25) is 0 Å². The van der Waals surface area contributed by atoms with Crippen molar-refractivity contribution in [3.63, 3.8) is 0 Å². The van der Waals surface area contributed by atoms with Crippen LogP contribution in [-0.4, -0.2) is 48.5 Å². The molecule has 7 heteroatoms. The molecule has 1 aliphatic rings. The number of amides is 1. The molecule has 3 unspecified atom stereocenters. The maximum atomic E-state index is 11.0. The van der Waals surface area contributed by atoms with Crippen LogP contribution in [0, 0.1) is 0 Å². The summed E-state index contributed by atoms with van der Waals surface area (Å²) in [5, 5.41) is 21.2. The van der Waals surface area contributed by atoms with Crippen LogP contribution in [0.25, 0.3) is 0 Å². The Morgan fingerprint density at radius 2 is 2.09 bits per heavy atom. The molecule has 0 spiro atoms. The van der Waals surface area contributed by atoms with Crippen molar-refractivity contribution in [3.05, 3.63) is 29.8 Å². The van der Waals surface area contributed by atoms with E-state index in [-0.39, 0.29) is 13.2 Å². The normalized spacial score (nSPS) is 24.6. The minimum absolute atomic E-state index is 0.146. The maximum Gasteiger partial charge on any atom is 0.407 e. The van der Waals surface area contributed by atoms with Crippen molar-refractivity contribution < 1.29 is 29.2 Å². The number of hydrogen-bond acceptors (Lipinski definition) is 6. The summed E-state index contributed by atoms with van der Waals surface area (Å²) < 4.78 is 16.1. The van der Waals surface area contributed by atoms with Gasteiger partial charge in [0, 0.05) is 19.9 Å². The summed E-state index contributed by atoms with van der Waals surface area (Å²) in [6.45, 7) is 0.0257. The molecule has 3 atom stereocenters. The van der Waals surface area contributed by atoms with E-state index in [0.29, 0.717) is 18.6 Å². The van der Waals surface area contributed by atoms with Crippen LogP contribution in [0.4, 0.5) is 4.79 Å².